The number of halogens is 1. The number of carbonyl (C=O) groups is 1. The fraction of sp³-hybridized carbons (Fsp3) is 0.125. The molecule has 0 bridgehead atoms. The number of aromatic hydroxyl groups is 1. The van der Waals surface area contributed by atoms with Crippen molar-refractivity contribution in [1.29, 1.82) is 0 Å². The monoisotopic (exact) mass is 378 g/mol. The van der Waals surface area contributed by atoms with Crippen molar-refractivity contribution in [2.45, 2.75) is 0 Å². The minimum atomic E-state index is -0.377. The predicted octanol–water partition coefficient (Wildman–Crippen LogP) is 2.94. The van der Waals surface area contributed by atoms with Crippen molar-refractivity contribution in [1.82, 2.24) is 5.43 Å². The van der Waals surface area contributed by atoms with Crippen LogP contribution in [0.2, 0.25) is 0 Å². The molecule has 0 aliphatic rings. The van der Waals surface area contributed by atoms with Gasteiger partial charge in [0.05, 0.1) is 20.4 Å². The average molecular weight is 379 g/mol. The third-order valence-corrected chi connectivity index (χ3v) is 3.69. The lowest BCUT2D eigenvalue weighted by Crippen LogP contribution is -2.17. The molecule has 7 heteroatoms. The van der Waals surface area contributed by atoms with Crippen molar-refractivity contribution in [3.63, 3.8) is 0 Å². The van der Waals surface area contributed by atoms with Crippen molar-refractivity contribution < 1.29 is 19.4 Å². The molecule has 23 heavy (non-hydrogen) atoms. The molecule has 0 radical (unpaired) electrons. The normalized spacial score (nSPS) is 10.6. The van der Waals surface area contributed by atoms with Crippen molar-refractivity contribution in [2.75, 3.05) is 14.2 Å². The fourth-order valence-electron chi connectivity index (χ4n) is 1.81. The summed E-state index contributed by atoms with van der Waals surface area (Å²) in [5.41, 5.74) is 3.53. The van der Waals surface area contributed by atoms with Crippen LogP contribution in [0.4, 0.5) is 0 Å². The first kappa shape index (κ1) is 16.8. The molecule has 2 aromatic carbocycles. The van der Waals surface area contributed by atoms with E-state index in [1.165, 1.54) is 30.5 Å². The summed E-state index contributed by atoms with van der Waals surface area (Å²) < 4.78 is 11.2. The second-order valence-corrected chi connectivity index (χ2v) is 5.33. The molecule has 0 spiro atoms. The molecule has 0 heterocycles. The van der Waals surface area contributed by atoms with Gasteiger partial charge in [0.1, 0.15) is 5.75 Å². The quantitative estimate of drug-likeness (QED) is 0.619. The number of amides is 1. The van der Waals surface area contributed by atoms with E-state index in [9.17, 15) is 9.90 Å². The molecule has 2 rings (SSSR count). The topological polar surface area (TPSA) is 80.2 Å². The van der Waals surface area contributed by atoms with E-state index in [4.69, 9.17) is 9.47 Å². The lowest BCUT2D eigenvalue weighted by molar-refractivity contribution is 0.0955. The summed E-state index contributed by atoms with van der Waals surface area (Å²) in [6, 6.07) is 9.37. The Bertz CT molecular complexity index is 730. The van der Waals surface area contributed by atoms with Gasteiger partial charge in [0.15, 0.2) is 11.5 Å². The summed E-state index contributed by atoms with van der Waals surface area (Å²) in [7, 11) is 3.09. The maximum Gasteiger partial charge on any atom is 0.271 e. The number of hydrogen-bond acceptors (Lipinski definition) is 5. The highest BCUT2D eigenvalue weighted by Gasteiger charge is 2.08. The number of methoxy groups -OCH3 is 2. The van der Waals surface area contributed by atoms with Crippen LogP contribution in [0.15, 0.2) is 46.0 Å². The minimum Gasteiger partial charge on any atom is -0.508 e. The summed E-state index contributed by atoms with van der Waals surface area (Å²) in [6.45, 7) is 0. The van der Waals surface area contributed by atoms with Gasteiger partial charge in [0.25, 0.3) is 5.91 Å². The van der Waals surface area contributed by atoms with E-state index < -0.39 is 0 Å². The first-order chi connectivity index (χ1) is 11.0. The van der Waals surface area contributed by atoms with Crippen LogP contribution in [0.1, 0.15) is 15.9 Å². The molecule has 0 unspecified atom stereocenters. The summed E-state index contributed by atoms with van der Waals surface area (Å²) in [5, 5.41) is 13.1. The number of hydrogen-bond donors (Lipinski definition) is 2. The number of phenols is 1. The minimum absolute atomic E-state index is 0.0966. The van der Waals surface area contributed by atoms with E-state index in [0.29, 0.717) is 22.6 Å². The lowest BCUT2D eigenvalue weighted by atomic mass is 10.2. The number of benzene rings is 2. The second kappa shape index (κ2) is 7.64. The van der Waals surface area contributed by atoms with Gasteiger partial charge >= 0.3 is 0 Å². The summed E-state index contributed by atoms with van der Waals surface area (Å²) in [6.07, 6.45) is 1.49. The highest BCUT2D eigenvalue weighted by atomic mass is 79.9. The number of hydrazone groups is 1. The summed E-state index contributed by atoms with van der Waals surface area (Å²) in [4.78, 5) is 11.9. The van der Waals surface area contributed by atoms with Crippen LogP contribution in [0, 0.1) is 0 Å². The Morgan fingerprint density at radius 1 is 1.17 bits per heavy atom. The number of ether oxygens (including phenoxy) is 2. The van der Waals surface area contributed by atoms with Gasteiger partial charge in [-0.15, -0.1) is 0 Å². The maximum atomic E-state index is 11.9. The standard InChI is InChI=1S/C16H15BrN2O4/c1-22-14-7-11(13(17)8-15(14)23-2)9-18-19-16(21)10-3-5-12(20)6-4-10/h3-9,20H,1-2H3,(H,19,21)/b18-9-. The van der Waals surface area contributed by atoms with Crippen LogP contribution in [0.25, 0.3) is 0 Å². The van der Waals surface area contributed by atoms with Gasteiger partial charge in [-0.05, 0) is 52.3 Å². The van der Waals surface area contributed by atoms with Crippen LogP contribution in [-0.2, 0) is 0 Å². The van der Waals surface area contributed by atoms with Crippen molar-refractivity contribution in [2.24, 2.45) is 5.10 Å². The van der Waals surface area contributed by atoms with Gasteiger partial charge in [-0.2, -0.15) is 5.10 Å². The number of carbonyl (C=O) groups excluding carboxylic acids is 1. The number of nitrogens with zero attached hydrogens (tertiary/aromatic N) is 1. The second-order valence-electron chi connectivity index (χ2n) is 4.47. The third kappa shape index (κ3) is 4.23. The Kier molecular flexibility index (Phi) is 5.59. The average Bonchev–Trinajstić information content (AvgIpc) is 2.56. The smallest absolute Gasteiger partial charge is 0.271 e. The molecule has 0 saturated heterocycles. The first-order valence-corrected chi connectivity index (χ1v) is 7.38. The molecule has 0 fully saturated rings. The SMILES string of the molecule is COc1cc(Br)c(/C=N\NC(=O)c2ccc(O)cc2)cc1OC. The Balaban J connectivity index is 2.11. The fourth-order valence-corrected chi connectivity index (χ4v) is 2.23. The first-order valence-electron chi connectivity index (χ1n) is 6.59. The Morgan fingerprint density at radius 3 is 2.39 bits per heavy atom. The van der Waals surface area contributed by atoms with Crippen molar-refractivity contribution in [3.8, 4) is 17.2 Å². The van der Waals surface area contributed by atoms with Gasteiger partial charge in [-0.3, -0.25) is 4.79 Å². The molecule has 2 aromatic rings. The highest BCUT2D eigenvalue weighted by molar-refractivity contribution is 9.10. The van der Waals surface area contributed by atoms with Crippen molar-refractivity contribution in [3.05, 3.63) is 52.0 Å². The summed E-state index contributed by atoms with van der Waals surface area (Å²) in [5.74, 6) is 0.865. The molecule has 2 N–H and O–H groups in total. The number of phenolic OH excluding ortho intramolecular Hbond substituents is 1. The van der Waals surface area contributed by atoms with Crippen LogP contribution in [0.5, 0.6) is 17.2 Å². The molecule has 1 amide bonds. The highest BCUT2D eigenvalue weighted by Crippen LogP contribution is 2.32. The van der Waals surface area contributed by atoms with E-state index in [1.807, 2.05) is 0 Å². The molecule has 0 aromatic heterocycles. The van der Waals surface area contributed by atoms with Crippen molar-refractivity contribution >= 4 is 28.1 Å². The Hall–Kier alpha value is -2.54. The van der Waals surface area contributed by atoms with E-state index in [-0.39, 0.29) is 11.7 Å². The predicted molar refractivity (Wildman–Crippen MR) is 90.4 cm³/mol. The van der Waals surface area contributed by atoms with Gasteiger partial charge in [0.2, 0.25) is 0 Å². The van der Waals surface area contributed by atoms with E-state index in [2.05, 4.69) is 26.5 Å². The van der Waals surface area contributed by atoms with Gasteiger partial charge in [0, 0.05) is 15.6 Å². The molecule has 0 aliphatic carbocycles. The van der Waals surface area contributed by atoms with E-state index in [0.717, 1.165) is 4.47 Å². The lowest BCUT2D eigenvalue weighted by Gasteiger charge is -2.09. The molecule has 0 saturated carbocycles. The van der Waals surface area contributed by atoms with Crippen LogP contribution in [0.3, 0.4) is 0 Å². The molecule has 120 valence electrons. The number of rotatable bonds is 5. The Labute approximate surface area is 141 Å². The van der Waals surface area contributed by atoms with Crippen LogP contribution in [-0.4, -0.2) is 31.4 Å². The molecule has 6 nitrogen and oxygen atoms in total. The molecule has 0 aliphatic heterocycles. The third-order valence-electron chi connectivity index (χ3n) is 3.00. The van der Waals surface area contributed by atoms with E-state index >= 15 is 0 Å². The summed E-state index contributed by atoms with van der Waals surface area (Å²) >= 11 is 3.40. The maximum absolute atomic E-state index is 11.9. The molecule has 0 atom stereocenters. The van der Waals surface area contributed by atoms with Gasteiger partial charge < -0.3 is 14.6 Å². The zero-order chi connectivity index (χ0) is 16.8. The van der Waals surface area contributed by atoms with Crippen LogP contribution >= 0.6 is 15.9 Å². The van der Waals surface area contributed by atoms with Gasteiger partial charge in [-0.25, -0.2) is 5.43 Å². The molecular weight excluding hydrogens is 364 g/mol. The zero-order valence-electron chi connectivity index (χ0n) is 12.5. The Morgan fingerprint density at radius 2 is 1.78 bits per heavy atom. The van der Waals surface area contributed by atoms with E-state index in [1.54, 1.807) is 26.4 Å². The number of nitrogens with one attached hydrogen (secondary N) is 1. The van der Waals surface area contributed by atoms with Gasteiger partial charge in [-0.1, -0.05) is 0 Å². The zero-order valence-corrected chi connectivity index (χ0v) is 14.1. The molecular formula is C16H15BrN2O4. The van der Waals surface area contributed by atoms with Crippen LogP contribution < -0.4 is 14.9 Å². The largest absolute Gasteiger partial charge is 0.508 e.